The molecule has 3 aromatic rings. The average Bonchev–Trinajstić information content (AvgIpc) is 3.54. The van der Waals surface area contributed by atoms with E-state index in [0.717, 1.165) is 39.3 Å². The van der Waals surface area contributed by atoms with Crippen molar-refractivity contribution in [2.75, 3.05) is 12.3 Å². The predicted octanol–water partition coefficient (Wildman–Crippen LogP) is 1.53. The summed E-state index contributed by atoms with van der Waals surface area (Å²) in [5, 5.41) is 10.5. The van der Waals surface area contributed by atoms with E-state index in [1.165, 1.54) is 25.9 Å². The molecule has 0 saturated carbocycles. The number of carbonyl (C=O) groups is 1. The first-order valence-corrected chi connectivity index (χ1v) is 11.9. The first-order valence-electron chi connectivity index (χ1n) is 10.1. The maximum atomic E-state index is 13.2. The lowest BCUT2D eigenvalue weighted by Gasteiger charge is -2.17. The molecule has 4 rings (SSSR count). The zero-order valence-corrected chi connectivity index (χ0v) is 19.6. The Bertz CT molecular complexity index is 1250. The molecule has 2 N–H and O–H groups in total. The van der Waals surface area contributed by atoms with Gasteiger partial charge in [0.1, 0.15) is 11.4 Å². The molecular weight excluding hydrogens is 452 g/mol. The molecule has 10 nitrogen and oxygen atoms in total. The van der Waals surface area contributed by atoms with E-state index in [4.69, 9.17) is 10.5 Å². The fraction of sp³-hybridized carbons (Fsp3) is 0.450. The summed E-state index contributed by atoms with van der Waals surface area (Å²) in [4.78, 5) is 38.8. The van der Waals surface area contributed by atoms with Crippen LogP contribution < -0.4 is 17.0 Å². The van der Waals surface area contributed by atoms with Gasteiger partial charge in [0.15, 0.2) is 16.8 Å². The number of hydrogen-bond acceptors (Lipinski definition) is 9. The minimum Gasteiger partial charge on any atom is -0.384 e. The van der Waals surface area contributed by atoms with Crippen LogP contribution in [-0.2, 0) is 25.4 Å². The molecule has 2 atom stereocenters. The minimum absolute atomic E-state index is 0.0571. The summed E-state index contributed by atoms with van der Waals surface area (Å²) in [6.07, 6.45) is 2.01. The molecule has 12 heteroatoms. The highest BCUT2D eigenvalue weighted by atomic mass is 32.2. The SMILES string of the molecule is C[C@H](Sc1nnc(-c2cccs2)n1C[C@@H]1CCCO1)C(=O)c1c(N)n(C)c(=O)n(C)c1=O. The van der Waals surface area contributed by atoms with Gasteiger partial charge in [-0.2, -0.15) is 0 Å². The number of thioether (sulfide) groups is 1. The van der Waals surface area contributed by atoms with Gasteiger partial charge < -0.3 is 10.5 Å². The van der Waals surface area contributed by atoms with E-state index < -0.39 is 22.3 Å². The second-order valence-electron chi connectivity index (χ2n) is 7.62. The molecule has 4 heterocycles. The molecule has 3 aromatic heterocycles. The van der Waals surface area contributed by atoms with E-state index in [9.17, 15) is 14.4 Å². The lowest BCUT2D eigenvalue weighted by Crippen LogP contribution is -2.42. The predicted molar refractivity (Wildman–Crippen MR) is 123 cm³/mol. The third kappa shape index (κ3) is 4.05. The molecule has 0 aromatic carbocycles. The largest absolute Gasteiger partial charge is 0.384 e. The zero-order chi connectivity index (χ0) is 23.0. The number of hydrogen-bond donors (Lipinski definition) is 1. The fourth-order valence-corrected chi connectivity index (χ4v) is 5.26. The number of nitrogen functional groups attached to an aromatic ring is 1. The lowest BCUT2D eigenvalue weighted by molar-refractivity contribution is 0.0953. The number of anilines is 1. The lowest BCUT2D eigenvalue weighted by atomic mass is 10.1. The highest BCUT2D eigenvalue weighted by Crippen LogP contribution is 2.31. The maximum absolute atomic E-state index is 13.2. The second kappa shape index (κ2) is 9.04. The molecular formula is C20H24N6O4S2. The van der Waals surface area contributed by atoms with Crippen LogP contribution in [0.4, 0.5) is 5.82 Å². The van der Waals surface area contributed by atoms with Crippen LogP contribution in [0.2, 0.25) is 0 Å². The van der Waals surface area contributed by atoms with Gasteiger partial charge in [0.05, 0.1) is 22.8 Å². The summed E-state index contributed by atoms with van der Waals surface area (Å²) < 4.78 is 9.76. The van der Waals surface area contributed by atoms with Crippen LogP contribution in [0.1, 0.15) is 30.1 Å². The smallest absolute Gasteiger partial charge is 0.332 e. The number of carbonyl (C=O) groups excluding carboxylic acids is 1. The monoisotopic (exact) mass is 476 g/mol. The Morgan fingerprint density at radius 2 is 2.12 bits per heavy atom. The molecule has 32 heavy (non-hydrogen) atoms. The Hall–Kier alpha value is -2.70. The molecule has 1 aliphatic heterocycles. The zero-order valence-electron chi connectivity index (χ0n) is 18.0. The third-order valence-electron chi connectivity index (χ3n) is 5.48. The van der Waals surface area contributed by atoms with Gasteiger partial charge in [-0.15, -0.1) is 21.5 Å². The van der Waals surface area contributed by atoms with Crippen LogP contribution in [0.25, 0.3) is 10.7 Å². The van der Waals surface area contributed by atoms with Crippen LogP contribution in [0.15, 0.2) is 32.3 Å². The summed E-state index contributed by atoms with van der Waals surface area (Å²) in [5.74, 6) is 0.110. The highest BCUT2D eigenvalue weighted by Gasteiger charge is 2.28. The van der Waals surface area contributed by atoms with Gasteiger partial charge in [-0.25, -0.2) is 4.79 Å². The van der Waals surface area contributed by atoms with Crippen molar-refractivity contribution in [3.63, 3.8) is 0 Å². The molecule has 0 unspecified atom stereocenters. The number of ether oxygens (including phenoxy) is 1. The summed E-state index contributed by atoms with van der Waals surface area (Å²) in [7, 11) is 2.75. The number of nitrogens with two attached hydrogens (primary N) is 1. The number of rotatable bonds is 7. The Balaban J connectivity index is 1.66. The van der Waals surface area contributed by atoms with E-state index in [1.54, 1.807) is 18.3 Å². The topological polar surface area (TPSA) is 127 Å². The van der Waals surface area contributed by atoms with E-state index in [-0.39, 0.29) is 17.5 Å². The Morgan fingerprint density at radius 3 is 2.78 bits per heavy atom. The molecule has 1 fully saturated rings. The summed E-state index contributed by atoms with van der Waals surface area (Å²) in [6, 6.07) is 3.92. The standard InChI is InChI=1S/C20H24N6O4S2/c1-11(15(27)14-16(21)24(2)20(29)25(3)18(14)28)32-19-23-22-17(13-7-5-9-31-13)26(19)10-12-6-4-8-30-12/h5,7,9,11-12H,4,6,8,10,21H2,1-3H3/t11-,12-/m0/s1. The van der Waals surface area contributed by atoms with Crippen molar-refractivity contribution < 1.29 is 9.53 Å². The fourth-order valence-electron chi connectivity index (χ4n) is 3.63. The average molecular weight is 477 g/mol. The van der Waals surface area contributed by atoms with Gasteiger partial charge in [-0.05, 0) is 31.2 Å². The van der Waals surface area contributed by atoms with Crippen LogP contribution in [0.3, 0.4) is 0 Å². The molecule has 0 bridgehead atoms. The number of ketones is 1. The van der Waals surface area contributed by atoms with E-state index in [1.807, 2.05) is 22.1 Å². The van der Waals surface area contributed by atoms with Gasteiger partial charge in [-0.3, -0.25) is 23.3 Å². The van der Waals surface area contributed by atoms with Crippen molar-refractivity contribution in [2.45, 2.75) is 42.8 Å². The summed E-state index contributed by atoms with van der Waals surface area (Å²) in [5.41, 5.74) is 4.48. The quantitative estimate of drug-likeness (QED) is 0.402. The molecule has 1 aliphatic rings. The maximum Gasteiger partial charge on any atom is 0.332 e. The Kier molecular flexibility index (Phi) is 6.35. The van der Waals surface area contributed by atoms with Gasteiger partial charge in [-0.1, -0.05) is 17.8 Å². The number of aromatic nitrogens is 5. The van der Waals surface area contributed by atoms with Gasteiger partial charge in [0, 0.05) is 20.7 Å². The van der Waals surface area contributed by atoms with E-state index >= 15 is 0 Å². The third-order valence-corrected chi connectivity index (χ3v) is 7.42. The molecule has 0 aliphatic carbocycles. The highest BCUT2D eigenvalue weighted by molar-refractivity contribution is 8.00. The summed E-state index contributed by atoms with van der Waals surface area (Å²) >= 11 is 2.76. The van der Waals surface area contributed by atoms with Crippen molar-refractivity contribution in [1.29, 1.82) is 0 Å². The summed E-state index contributed by atoms with van der Waals surface area (Å²) in [6.45, 7) is 2.99. The Morgan fingerprint density at radius 1 is 1.34 bits per heavy atom. The Labute approximate surface area is 192 Å². The number of nitrogens with zero attached hydrogens (tertiary/aromatic N) is 5. The van der Waals surface area contributed by atoms with Crippen LogP contribution in [0.5, 0.6) is 0 Å². The van der Waals surface area contributed by atoms with Crippen LogP contribution in [0, 0.1) is 0 Å². The van der Waals surface area contributed by atoms with Gasteiger partial charge in [0.25, 0.3) is 5.56 Å². The first kappa shape index (κ1) is 22.5. The van der Waals surface area contributed by atoms with E-state index in [0.29, 0.717) is 11.7 Å². The van der Waals surface area contributed by atoms with Crippen molar-refractivity contribution in [1.82, 2.24) is 23.9 Å². The van der Waals surface area contributed by atoms with Crippen molar-refractivity contribution in [3.8, 4) is 10.7 Å². The molecule has 1 saturated heterocycles. The molecule has 0 amide bonds. The van der Waals surface area contributed by atoms with Crippen LogP contribution in [-0.4, -0.2) is 47.6 Å². The number of Topliss-reactive ketones (excluding diaryl/α,β-unsaturated/α-hetero) is 1. The van der Waals surface area contributed by atoms with Crippen molar-refractivity contribution >= 4 is 34.7 Å². The second-order valence-corrected chi connectivity index (χ2v) is 9.88. The molecule has 0 radical (unpaired) electrons. The van der Waals surface area contributed by atoms with Crippen molar-refractivity contribution in [3.05, 3.63) is 43.9 Å². The van der Waals surface area contributed by atoms with E-state index in [2.05, 4.69) is 10.2 Å². The normalized spacial score (nSPS) is 17.0. The molecule has 170 valence electrons. The number of thiophene rings is 1. The first-order chi connectivity index (χ1) is 15.3. The molecule has 0 spiro atoms. The minimum atomic E-state index is -0.705. The van der Waals surface area contributed by atoms with Crippen LogP contribution >= 0.6 is 23.1 Å². The van der Waals surface area contributed by atoms with Crippen molar-refractivity contribution in [2.24, 2.45) is 14.1 Å². The van der Waals surface area contributed by atoms with Gasteiger partial charge in [0.2, 0.25) is 0 Å². The van der Waals surface area contributed by atoms with Gasteiger partial charge >= 0.3 is 5.69 Å².